The predicted molar refractivity (Wildman–Crippen MR) is 64.5 cm³/mol. The van der Waals surface area contributed by atoms with Crippen LogP contribution >= 0.6 is 23.4 Å². The Morgan fingerprint density at radius 2 is 2.13 bits per heavy atom. The first kappa shape index (κ1) is 14.6. The summed E-state index contributed by atoms with van der Waals surface area (Å²) in [5.74, 6) is 0.731. The molecule has 15 heavy (non-hydrogen) atoms. The zero-order valence-corrected chi connectivity index (χ0v) is 10.8. The summed E-state index contributed by atoms with van der Waals surface area (Å²) in [5, 5.41) is 2.27. The van der Waals surface area contributed by atoms with Crippen LogP contribution in [-0.4, -0.2) is 47.8 Å². The van der Waals surface area contributed by atoms with E-state index in [0.29, 0.717) is 0 Å². The maximum absolute atomic E-state index is 11.5. The van der Waals surface area contributed by atoms with Gasteiger partial charge in [0.2, 0.25) is 5.91 Å². The number of halogens is 1. The van der Waals surface area contributed by atoms with Crippen LogP contribution in [0, 0.1) is 0 Å². The molecule has 0 fully saturated rings. The van der Waals surface area contributed by atoms with Crippen molar-refractivity contribution < 1.29 is 9.59 Å². The minimum absolute atomic E-state index is 0.101. The average Bonchev–Trinajstić information content (AvgIpc) is 2.17. The number of amides is 3. The van der Waals surface area contributed by atoms with E-state index in [4.69, 9.17) is 11.6 Å². The van der Waals surface area contributed by atoms with E-state index in [1.165, 1.54) is 4.90 Å². The van der Waals surface area contributed by atoms with Crippen molar-refractivity contribution in [3.63, 3.8) is 0 Å². The Bertz CT molecular complexity index is 226. The van der Waals surface area contributed by atoms with Crippen molar-refractivity contribution in [3.8, 4) is 0 Å². The van der Waals surface area contributed by atoms with Crippen LogP contribution in [-0.2, 0) is 4.79 Å². The number of carbonyl (C=O) groups is 2. The van der Waals surface area contributed by atoms with Gasteiger partial charge in [-0.2, -0.15) is 11.8 Å². The molecule has 6 heteroatoms. The number of carbonyl (C=O) groups excluding carboxylic acids is 2. The average molecular weight is 253 g/mol. The molecule has 1 unspecified atom stereocenters. The van der Waals surface area contributed by atoms with E-state index in [1.54, 1.807) is 18.8 Å². The highest BCUT2D eigenvalue weighted by Gasteiger charge is 2.16. The van der Waals surface area contributed by atoms with Crippen LogP contribution in [0.4, 0.5) is 4.79 Å². The van der Waals surface area contributed by atoms with Crippen molar-refractivity contribution in [2.45, 2.75) is 19.4 Å². The molecular weight excluding hydrogens is 236 g/mol. The molecule has 0 aliphatic carbocycles. The van der Waals surface area contributed by atoms with Gasteiger partial charge in [0, 0.05) is 31.1 Å². The summed E-state index contributed by atoms with van der Waals surface area (Å²) < 4.78 is 0. The number of imide groups is 1. The van der Waals surface area contributed by atoms with Gasteiger partial charge in [-0.25, -0.2) is 4.79 Å². The molecule has 4 nitrogen and oxygen atoms in total. The largest absolute Gasteiger partial charge is 0.324 e. The van der Waals surface area contributed by atoms with Crippen molar-refractivity contribution in [1.29, 1.82) is 0 Å². The SMILES string of the molecule is CSCC(C)N(C)C(=O)NC(=O)CCCl. The molecule has 0 aromatic rings. The Hall–Kier alpha value is -0.420. The number of hydrogen-bond donors (Lipinski definition) is 1. The monoisotopic (exact) mass is 252 g/mol. The minimum atomic E-state index is -0.369. The summed E-state index contributed by atoms with van der Waals surface area (Å²) in [6.45, 7) is 1.93. The molecular formula is C9H17ClN2O2S. The Labute approximate surface area is 99.7 Å². The molecule has 0 aromatic carbocycles. The molecule has 0 saturated carbocycles. The zero-order chi connectivity index (χ0) is 11.8. The van der Waals surface area contributed by atoms with Crippen molar-refractivity contribution in [2.75, 3.05) is 24.9 Å². The second-order valence-corrected chi connectivity index (χ2v) is 4.50. The van der Waals surface area contributed by atoms with Crippen LogP contribution < -0.4 is 5.32 Å². The van der Waals surface area contributed by atoms with Gasteiger partial charge in [-0.1, -0.05) is 0 Å². The van der Waals surface area contributed by atoms with Gasteiger partial charge in [0.1, 0.15) is 0 Å². The maximum Gasteiger partial charge on any atom is 0.324 e. The number of rotatable bonds is 5. The smallest absolute Gasteiger partial charge is 0.324 e. The van der Waals surface area contributed by atoms with Gasteiger partial charge in [-0.3, -0.25) is 10.1 Å². The number of thioether (sulfide) groups is 1. The normalized spacial score (nSPS) is 12.0. The van der Waals surface area contributed by atoms with Crippen molar-refractivity contribution >= 4 is 35.3 Å². The lowest BCUT2D eigenvalue weighted by molar-refractivity contribution is -0.119. The fourth-order valence-corrected chi connectivity index (χ4v) is 1.79. The molecule has 3 amide bonds. The highest BCUT2D eigenvalue weighted by molar-refractivity contribution is 7.98. The molecule has 0 rings (SSSR count). The second-order valence-electron chi connectivity index (χ2n) is 3.21. The molecule has 0 aliphatic heterocycles. The molecule has 1 atom stereocenters. The molecule has 0 radical (unpaired) electrons. The fourth-order valence-electron chi connectivity index (χ4n) is 0.909. The minimum Gasteiger partial charge on any atom is -0.324 e. The summed E-state index contributed by atoms with van der Waals surface area (Å²) >= 11 is 7.04. The van der Waals surface area contributed by atoms with E-state index in [-0.39, 0.29) is 30.3 Å². The van der Waals surface area contributed by atoms with Gasteiger partial charge in [0.15, 0.2) is 0 Å². The Morgan fingerprint density at radius 3 is 2.60 bits per heavy atom. The first-order valence-electron chi connectivity index (χ1n) is 4.64. The number of urea groups is 1. The van der Waals surface area contributed by atoms with Crippen LogP contribution in [0.25, 0.3) is 0 Å². The van der Waals surface area contributed by atoms with Crippen molar-refractivity contribution in [1.82, 2.24) is 10.2 Å². The lowest BCUT2D eigenvalue weighted by Gasteiger charge is -2.24. The molecule has 0 bridgehead atoms. The Morgan fingerprint density at radius 1 is 1.53 bits per heavy atom. The number of hydrogen-bond acceptors (Lipinski definition) is 3. The second kappa shape index (κ2) is 7.82. The molecule has 0 aromatic heterocycles. The van der Waals surface area contributed by atoms with Crippen LogP contribution in [0.15, 0.2) is 0 Å². The molecule has 0 aliphatic rings. The van der Waals surface area contributed by atoms with E-state index < -0.39 is 0 Å². The lowest BCUT2D eigenvalue weighted by atomic mass is 10.3. The predicted octanol–water partition coefficient (Wildman–Crippen LogP) is 1.53. The first-order valence-corrected chi connectivity index (χ1v) is 6.57. The van der Waals surface area contributed by atoms with Gasteiger partial charge >= 0.3 is 6.03 Å². The topological polar surface area (TPSA) is 49.4 Å². The Balaban J connectivity index is 4.03. The van der Waals surface area contributed by atoms with Crippen molar-refractivity contribution in [3.05, 3.63) is 0 Å². The molecule has 88 valence electrons. The highest BCUT2D eigenvalue weighted by atomic mass is 35.5. The van der Waals surface area contributed by atoms with E-state index >= 15 is 0 Å². The van der Waals surface area contributed by atoms with Crippen LogP contribution in [0.1, 0.15) is 13.3 Å². The fraction of sp³-hybridized carbons (Fsp3) is 0.778. The molecule has 0 heterocycles. The third kappa shape index (κ3) is 5.89. The summed E-state index contributed by atoms with van der Waals surface area (Å²) in [4.78, 5) is 24.1. The van der Waals surface area contributed by atoms with Crippen LogP contribution in [0.5, 0.6) is 0 Å². The quantitative estimate of drug-likeness (QED) is 0.755. The summed E-state index contributed by atoms with van der Waals surface area (Å²) in [6, 6.07) is -0.268. The maximum atomic E-state index is 11.5. The third-order valence-corrected chi connectivity index (χ3v) is 2.96. The third-order valence-electron chi connectivity index (χ3n) is 1.96. The number of nitrogens with one attached hydrogen (secondary N) is 1. The first-order chi connectivity index (χ1) is 7.02. The zero-order valence-electron chi connectivity index (χ0n) is 9.25. The van der Waals surface area contributed by atoms with Crippen LogP contribution in [0.2, 0.25) is 0 Å². The molecule has 0 saturated heterocycles. The Kier molecular flexibility index (Phi) is 7.60. The van der Waals surface area contributed by atoms with Gasteiger partial charge in [-0.05, 0) is 13.2 Å². The summed E-state index contributed by atoms with van der Waals surface area (Å²) in [5.41, 5.74) is 0. The lowest BCUT2D eigenvalue weighted by Crippen LogP contribution is -2.45. The molecule has 1 N–H and O–H groups in total. The summed E-state index contributed by atoms with van der Waals surface area (Å²) in [7, 11) is 1.67. The van der Waals surface area contributed by atoms with Crippen LogP contribution in [0.3, 0.4) is 0 Å². The highest BCUT2D eigenvalue weighted by Crippen LogP contribution is 2.03. The number of nitrogens with zero attached hydrogens (tertiary/aromatic N) is 1. The molecule has 0 spiro atoms. The van der Waals surface area contributed by atoms with Gasteiger partial charge < -0.3 is 4.90 Å². The van der Waals surface area contributed by atoms with Gasteiger partial charge in [0.25, 0.3) is 0 Å². The number of alkyl halides is 1. The van der Waals surface area contributed by atoms with E-state index in [0.717, 1.165) is 5.75 Å². The van der Waals surface area contributed by atoms with Gasteiger partial charge in [0.05, 0.1) is 0 Å². The standard InChI is InChI=1S/C9H17ClN2O2S/c1-7(6-15-3)12(2)9(14)11-8(13)4-5-10/h7H,4-6H2,1-3H3,(H,11,13,14). The van der Waals surface area contributed by atoms with E-state index in [9.17, 15) is 9.59 Å². The van der Waals surface area contributed by atoms with E-state index in [2.05, 4.69) is 5.32 Å². The van der Waals surface area contributed by atoms with Crippen molar-refractivity contribution in [2.24, 2.45) is 0 Å². The summed E-state index contributed by atoms with van der Waals surface area (Å²) in [6.07, 6.45) is 2.14. The van der Waals surface area contributed by atoms with E-state index in [1.807, 2.05) is 13.2 Å². The van der Waals surface area contributed by atoms with Gasteiger partial charge in [-0.15, -0.1) is 11.6 Å².